The number of hydrogen-bond acceptors (Lipinski definition) is 5. The lowest BCUT2D eigenvalue weighted by atomic mass is 10.1. The molecule has 0 spiro atoms. The molecule has 0 aliphatic rings. The number of halogens is 1. The maximum Gasteiger partial charge on any atom is 0.325 e. The van der Waals surface area contributed by atoms with Crippen LogP contribution in [0.2, 0.25) is 0 Å². The van der Waals surface area contributed by atoms with Gasteiger partial charge in [0.25, 0.3) is 5.91 Å². The highest BCUT2D eigenvalue weighted by Gasteiger charge is 2.17. The van der Waals surface area contributed by atoms with Crippen molar-refractivity contribution in [3.8, 4) is 0 Å². The van der Waals surface area contributed by atoms with E-state index in [2.05, 4.69) is 9.72 Å². The number of methoxy groups -OCH3 is 1. The fraction of sp³-hybridized carbons (Fsp3) is 0.211. The summed E-state index contributed by atoms with van der Waals surface area (Å²) in [5, 5.41) is 0. The minimum Gasteiger partial charge on any atom is -0.468 e. The average Bonchev–Trinajstić information content (AvgIpc) is 3.04. The molecule has 1 heterocycles. The molecule has 7 heteroatoms. The van der Waals surface area contributed by atoms with Crippen molar-refractivity contribution in [3.63, 3.8) is 0 Å². The molecule has 0 bridgehead atoms. The number of rotatable bonds is 5. The van der Waals surface area contributed by atoms with E-state index in [1.165, 1.54) is 25.1 Å². The second-order valence-corrected chi connectivity index (χ2v) is 5.80. The van der Waals surface area contributed by atoms with Crippen LogP contribution in [0.1, 0.15) is 21.8 Å². The number of likely N-dealkylation sites (N-methyl/N-ethyl adjacent to an activating group) is 1. The first-order valence-corrected chi connectivity index (χ1v) is 7.93. The predicted molar refractivity (Wildman–Crippen MR) is 92.2 cm³/mol. The molecule has 6 nitrogen and oxygen atoms in total. The first kappa shape index (κ1) is 17.6. The van der Waals surface area contributed by atoms with Gasteiger partial charge in [-0.15, -0.1) is 0 Å². The summed E-state index contributed by atoms with van der Waals surface area (Å²) in [6.45, 7) is -0.150. The van der Waals surface area contributed by atoms with Crippen molar-refractivity contribution in [2.45, 2.75) is 6.42 Å². The molecule has 0 saturated carbocycles. The van der Waals surface area contributed by atoms with Crippen LogP contribution in [0.4, 0.5) is 4.39 Å². The average molecular weight is 356 g/mol. The van der Waals surface area contributed by atoms with E-state index in [-0.39, 0.29) is 24.7 Å². The number of fused-ring (bicyclic) bond motifs is 1. The second-order valence-electron chi connectivity index (χ2n) is 5.80. The van der Waals surface area contributed by atoms with Crippen molar-refractivity contribution >= 4 is 23.0 Å². The third-order valence-corrected chi connectivity index (χ3v) is 3.92. The summed E-state index contributed by atoms with van der Waals surface area (Å²) in [5.74, 6) is -0.814. The zero-order valence-electron chi connectivity index (χ0n) is 14.4. The number of benzene rings is 2. The number of ether oxygens (including phenoxy) is 1. The zero-order chi connectivity index (χ0) is 18.7. The van der Waals surface area contributed by atoms with Crippen LogP contribution in [-0.2, 0) is 16.0 Å². The Morgan fingerprint density at radius 3 is 2.73 bits per heavy atom. The van der Waals surface area contributed by atoms with E-state index in [0.29, 0.717) is 28.1 Å². The maximum absolute atomic E-state index is 13.8. The van der Waals surface area contributed by atoms with Crippen LogP contribution < -0.4 is 0 Å². The molecule has 1 aromatic heterocycles. The number of nitrogens with zero attached hydrogens (tertiary/aromatic N) is 2. The normalized spacial score (nSPS) is 10.7. The molecular formula is C19H17FN2O4. The molecule has 134 valence electrons. The van der Waals surface area contributed by atoms with E-state index in [0.717, 1.165) is 0 Å². The number of carbonyl (C=O) groups is 2. The first-order valence-electron chi connectivity index (χ1n) is 7.93. The maximum atomic E-state index is 13.8. The fourth-order valence-electron chi connectivity index (χ4n) is 2.54. The summed E-state index contributed by atoms with van der Waals surface area (Å²) >= 11 is 0. The van der Waals surface area contributed by atoms with E-state index in [4.69, 9.17) is 4.42 Å². The van der Waals surface area contributed by atoms with Gasteiger partial charge in [-0.1, -0.05) is 18.2 Å². The fourth-order valence-corrected chi connectivity index (χ4v) is 2.54. The van der Waals surface area contributed by atoms with Gasteiger partial charge in [-0.25, -0.2) is 9.37 Å². The highest BCUT2D eigenvalue weighted by atomic mass is 19.1. The van der Waals surface area contributed by atoms with Gasteiger partial charge in [0.1, 0.15) is 17.9 Å². The zero-order valence-corrected chi connectivity index (χ0v) is 14.4. The molecule has 0 unspecified atom stereocenters. The molecule has 0 N–H and O–H groups in total. The smallest absolute Gasteiger partial charge is 0.325 e. The number of oxazole rings is 1. The van der Waals surface area contributed by atoms with Crippen LogP contribution in [0.25, 0.3) is 11.1 Å². The number of carbonyl (C=O) groups excluding carboxylic acids is 2. The number of amides is 1. The van der Waals surface area contributed by atoms with Crippen molar-refractivity contribution in [3.05, 3.63) is 65.3 Å². The third kappa shape index (κ3) is 3.72. The predicted octanol–water partition coefficient (Wildman–Crippen LogP) is 2.80. The Morgan fingerprint density at radius 1 is 1.23 bits per heavy atom. The van der Waals surface area contributed by atoms with E-state index in [9.17, 15) is 14.0 Å². The standard InChI is InChI=1S/C19H17FN2O4/c1-22(11-18(23)25-2)19(24)13-7-8-15-16(9-13)26-17(21-15)10-12-5-3-4-6-14(12)20/h3-9H,10-11H2,1-2H3. The summed E-state index contributed by atoms with van der Waals surface area (Å²) in [7, 11) is 2.77. The summed E-state index contributed by atoms with van der Waals surface area (Å²) in [6, 6.07) is 11.2. The Bertz CT molecular complexity index is 967. The summed E-state index contributed by atoms with van der Waals surface area (Å²) in [4.78, 5) is 29.3. The Balaban J connectivity index is 1.82. The minimum absolute atomic E-state index is 0.150. The monoisotopic (exact) mass is 356 g/mol. The lowest BCUT2D eigenvalue weighted by molar-refractivity contribution is -0.141. The van der Waals surface area contributed by atoms with Gasteiger partial charge in [-0.3, -0.25) is 9.59 Å². The summed E-state index contributed by atoms with van der Waals surface area (Å²) < 4.78 is 24.0. The first-order chi connectivity index (χ1) is 12.5. The topological polar surface area (TPSA) is 72.6 Å². The lowest BCUT2D eigenvalue weighted by Crippen LogP contribution is -2.32. The van der Waals surface area contributed by atoms with Crippen LogP contribution >= 0.6 is 0 Å². The number of hydrogen-bond donors (Lipinski definition) is 0. The van der Waals surface area contributed by atoms with E-state index in [1.807, 2.05) is 0 Å². The molecule has 1 amide bonds. The third-order valence-electron chi connectivity index (χ3n) is 3.92. The van der Waals surface area contributed by atoms with Crippen LogP contribution in [-0.4, -0.2) is 42.5 Å². The Kier molecular flexibility index (Phi) is 4.97. The van der Waals surface area contributed by atoms with Crippen LogP contribution in [0.3, 0.4) is 0 Å². The number of aromatic nitrogens is 1. The molecule has 0 atom stereocenters. The van der Waals surface area contributed by atoms with Crippen molar-refractivity contribution in [2.75, 3.05) is 20.7 Å². The molecule has 3 aromatic rings. The van der Waals surface area contributed by atoms with Crippen LogP contribution in [0.15, 0.2) is 46.9 Å². The molecule has 2 aromatic carbocycles. The highest BCUT2D eigenvalue weighted by Crippen LogP contribution is 2.21. The van der Waals surface area contributed by atoms with Gasteiger partial charge < -0.3 is 14.1 Å². The van der Waals surface area contributed by atoms with E-state index < -0.39 is 5.97 Å². The molecule has 0 aliphatic carbocycles. The summed E-state index contributed by atoms with van der Waals surface area (Å²) in [5.41, 5.74) is 1.84. The minimum atomic E-state index is -0.506. The van der Waals surface area contributed by atoms with Crippen LogP contribution in [0, 0.1) is 5.82 Å². The van der Waals surface area contributed by atoms with Gasteiger partial charge in [-0.2, -0.15) is 0 Å². The van der Waals surface area contributed by atoms with Gasteiger partial charge in [0, 0.05) is 12.6 Å². The largest absolute Gasteiger partial charge is 0.468 e. The molecule has 0 fully saturated rings. The quantitative estimate of drug-likeness (QED) is 0.657. The van der Waals surface area contributed by atoms with Gasteiger partial charge in [0.15, 0.2) is 11.5 Å². The SMILES string of the molecule is COC(=O)CN(C)C(=O)c1ccc2nc(Cc3ccccc3F)oc2c1. The molecule has 0 aliphatic heterocycles. The van der Waals surface area contributed by atoms with E-state index in [1.54, 1.807) is 36.4 Å². The molecule has 3 rings (SSSR count). The molecule has 0 radical (unpaired) electrons. The molecule has 26 heavy (non-hydrogen) atoms. The van der Waals surface area contributed by atoms with Gasteiger partial charge in [0.2, 0.25) is 0 Å². The lowest BCUT2D eigenvalue weighted by Gasteiger charge is -2.15. The Hall–Kier alpha value is -3.22. The van der Waals surface area contributed by atoms with Crippen molar-refractivity contribution < 1.29 is 23.1 Å². The van der Waals surface area contributed by atoms with Gasteiger partial charge in [-0.05, 0) is 29.8 Å². The second kappa shape index (κ2) is 7.35. The molecule has 0 saturated heterocycles. The van der Waals surface area contributed by atoms with Crippen molar-refractivity contribution in [2.24, 2.45) is 0 Å². The highest BCUT2D eigenvalue weighted by molar-refractivity contribution is 5.98. The van der Waals surface area contributed by atoms with Crippen LogP contribution in [0.5, 0.6) is 0 Å². The van der Waals surface area contributed by atoms with Gasteiger partial charge >= 0.3 is 5.97 Å². The summed E-state index contributed by atoms with van der Waals surface area (Å²) in [6.07, 6.45) is 0.215. The van der Waals surface area contributed by atoms with E-state index >= 15 is 0 Å². The van der Waals surface area contributed by atoms with Crippen molar-refractivity contribution in [1.82, 2.24) is 9.88 Å². The molecular weight excluding hydrogens is 339 g/mol. The van der Waals surface area contributed by atoms with Gasteiger partial charge in [0.05, 0.1) is 13.5 Å². The Morgan fingerprint density at radius 2 is 2.00 bits per heavy atom. The Labute approximate surface area is 149 Å². The van der Waals surface area contributed by atoms with Crippen molar-refractivity contribution in [1.29, 1.82) is 0 Å². The number of esters is 1.